The minimum Gasteiger partial charge on any atom is -0.394 e. The van der Waals surface area contributed by atoms with Crippen LogP contribution in [0.15, 0.2) is 0 Å². The van der Waals surface area contributed by atoms with Crippen LogP contribution in [0.2, 0.25) is 0 Å². The fourth-order valence-electron chi connectivity index (χ4n) is 1.96. The Hall–Kier alpha value is -1.70. The molecule has 17 heavy (non-hydrogen) atoms. The van der Waals surface area contributed by atoms with Gasteiger partial charge in [0, 0.05) is 20.1 Å². The van der Waals surface area contributed by atoms with Crippen molar-refractivity contribution in [2.45, 2.75) is 27.2 Å². The van der Waals surface area contributed by atoms with Crippen molar-refractivity contribution in [2.24, 2.45) is 13.0 Å². The van der Waals surface area contributed by atoms with Crippen LogP contribution >= 0.6 is 0 Å². The SMILES string of the molecule is CCc1nn(C)c(N(CC)CC(C)C#N)c1N. The first-order valence-corrected chi connectivity index (χ1v) is 6.00. The molecule has 1 atom stereocenters. The van der Waals surface area contributed by atoms with Gasteiger partial charge in [-0.15, -0.1) is 0 Å². The van der Waals surface area contributed by atoms with E-state index in [1.54, 1.807) is 0 Å². The summed E-state index contributed by atoms with van der Waals surface area (Å²) in [5, 5.41) is 13.3. The van der Waals surface area contributed by atoms with Crippen LogP contribution in [0.5, 0.6) is 0 Å². The molecule has 0 bridgehead atoms. The van der Waals surface area contributed by atoms with Gasteiger partial charge in [0.05, 0.1) is 23.4 Å². The highest BCUT2D eigenvalue weighted by Crippen LogP contribution is 2.26. The maximum Gasteiger partial charge on any atom is 0.150 e. The lowest BCUT2D eigenvalue weighted by molar-refractivity contribution is 0.648. The Balaban J connectivity index is 3.04. The summed E-state index contributed by atoms with van der Waals surface area (Å²) in [6, 6.07) is 2.25. The van der Waals surface area contributed by atoms with E-state index in [1.165, 1.54) is 0 Å². The first kappa shape index (κ1) is 13.4. The lowest BCUT2D eigenvalue weighted by Crippen LogP contribution is -2.30. The number of anilines is 2. The molecule has 0 aliphatic heterocycles. The van der Waals surface area contributed by atoms with Gasteiger partial charge in [0.25, 0.3) is 0 Å². The van der Waals surface area contributed by atoms with Gasteiger partial charge in [-0.05, 0) is 20.3 Å². The average molecular weight is 235 g/mol. The predicted octanol–water partition coefficient (Wildman–Crippen LogP) is 1.55. The second kappa shape index (κ2) is 5.58. The molecule has 1 rings (SSSR count). The molecule has 0 saturated carbocycles. The average Bonchev–Trinajstić information content (AvgIpc) is 2.61. The van der Waals surface area contributed by atoms with E-state index in [9.17, 15) is 0 Å². The number of nitriles is 1. The number of aromatic nitrogens is 2. The van der Waals surface area contributed by atoms with Crippen molar-refractivity contribution in [2.75, 3.05) is 23.7 Å². The van der Waals surface area contributed by atoms with Crippen molar-refractivity contribution in [1.82, 2.24) is 9.78 Å². The lowest BCUT2D eigenvalue weighted by Gasteiger charge is -2.24. The minimum absolute atomic E-state index is 0.0191. The zero-order chi connectivity index (χ0) is 13.0. The Morgan fingerprint density at radius 3 is 2.59 bits per heavy atom. The van der Waals surface area contributed by atoms with Crippen LogP contribution in [0.4, 0.5) is 11.5 Å². The molecule has 0 saturated heterocycles. The number of aryl methyl sites for hydroxylation is 2. The Morgan fingerprint density at radius 1 is 1.53 bits per heavy atom. The van der Waals surface area contributed by atoms with Gasteiger partial charge in [-0.25, -0.2) is 0 Å². The first-order valence-electron chi connectivity index (χ1n) is 6.00. The van der Waals surface area contributed by atoms with E-state index in [1.807, 2.05) is 25.6 Å². The molecular weight excluding hydrogens is 214 g/mol. The van der Waals surface area contributed by atoms with E-state index in [2.05, 4.69) is 23.0 Å². The molecule has 1 unspecified atom stereocenters. The third kappa shape index (κ3) is 2.70. The molecule has 0 radical (unpaired) electrons. The monoisotopic (exact) mass is 235 g/mol. The van der Waals surface area contributed by atoms with Crippen LogP contribution in [-0.2, 0) is 13.5 Å². The summed E-state index contributed by atoms with van der Waals surface area (Å²) in [6.07, 6.45) is 0.824. The Bertz CT molecular complexity index is 415. The van der Waals surface area contributed by atoms with Crippen LogP contribution in [0.3, 0.4) is 0 Å². The first-order chi connectivity index (χ1) is 8.04. The molecule has 0 aromatic carbocycles. The smallest absolute Gasteiger partial charge is 0.150 e. The summed E-state index contributed by atoms with van der Waals surface area (Å²) in [5.41, 5.74) is 7.76. The molecule has 0 fully saturated rings. The van der Waals surface area contributed by atoms with E-state index in [-0.39, 0.29) is 5.92 Å². The van der Waals surface area contributed by atoms with Crippen molar-refractivity contribution in [1.29, 1.82) is 5.26 Å². The zero-order valence-corrected chi connectivity index (χ0v) is 11.1. The highest BCUT2D eigenvalue weighted by Gasteiger charge is 2.18. The fraction of sp³-hybridized carbons (Fsp3) is 0.667. The number of nitrogen functional groups attached to an aromatic ring is 1. The zero-order valence-electron chi connectivity index (χ0n) is 11.1. The van der Waals surface area contributed by atoms with Crippen molar-refractivity contribution in [3.05, 3.63) is 5.69 Å². The normalized spacial score (nSPS) is 12.2. The molecule has 0 aliphatic carbocycles. The summed E-state index contributed by atoms with van der Waals surface area (Å²) in [5.74, 6) is 0.903. The van der Waals surface area contributed by atoms with Crippen LogP contribution in [0.1, 0.15) is 26.5 Å². The molecule has 0 aliphatic rings. The Morgan fingerprint density at radius 2 is 2.18 bits per heavy atom. The minimum atomic E-state index is -0.0191. The summed E-state index contributed by atoms with van der Waals surface area (Å²) in [7, 11) is 1.89. The Labute approximate surface area is 103 Å². The van der Waals surface area contributed by atoms with Gasteiger partial charge < -0.3 is 10.6 Å². The largest absolute Gasteiger partial charge is 0.394 e. The maximum atomic E-state index is 8.89. The third-order valence-corrected chi connectivity index (χ3v) is 2.86. The van der Waals surface area contributed by atoms with Crippen LogP contribution in [0.25, 0.3) is 0 Å². The van der Waals surface area contributed by atoms with E-state index >= 15 is 0 Å². The van der Waals surface area contributed by atoms with Crippen LogP contribution < -0.4 is 10.6 Å². The van der Waals surface area contributed by atoms with E-state index in [4.69, 9.17) is 11.0 Å². The van der Waals surface area contributed by atoms with Crippen molar-refractivity contribution >= 4 is 11.5 Å². The number of nitrogens with two attached hydrogens (primary N) is 1. The quantitative estimate of drug-likeness (QED) is 0.840. The van der Waals surface area contributed by atoms with Crippen molar-refractivity contribution in [3.63, 3.8) is 0 Å². The summed E-state index contributed by atoms with van der Waals surface area (Å²) >= 11 is 0. The highest BCUT2D eigenvalue weighted by molar-refractivity contribution is 5.66. The Kier molecular flexibility index (Phi) is 4.38. The molecule has 2 N–H and O–H groups in total. The standard InChI is InChI=1S/C12H21N5/c1-5-10-11(14)12(16(4)15-10)17(6-2)8-9(3)7-13/h9H,5-6,8,14H2,1-4H3. The summed E-state index contributed by atoms with van der Waals surface area (Å²) < 4.78 is 1.81. The number of nitrogens with zero attached hydrogens (tertiary/aromatic N) is 4. The summed E-state index contributed by atoms with van der Waals surface area (Å²) in [4.78, 5) is 2.11. The molecule has 5 heteroatoms. The molecule has 0 amide bonds. The third-order valence-electron chi connectivity index (χ3n) is 2.86. The number of hydrogen-bond acceptors (Lipinski definition) is 4. The predicted molar refractivity (Wildman–Crippen MR) is 69.7 cm³/mol. The van der Waals surface area contributed by atoms with Crippen molar-refractivity contribution in [3.8, 4) is 6.07 Å². The molecular formula is C12H21N5. The topological polar surface area (TPSA) is 70.9 Å². The van der Waals surface area contributed by atoms with Gasteiger partial charge >= 0.3 is 0 Å². The highest BCUT2D eigenvalue weighted by atomic mass is 15.4. The molecule has 0 spiro atoms. The number of hydrogen-bond donors (Lipinski definition) is 1. The molecule has 1 aromatic heterocycles. The maximum absolute atomic E-state index is 8.89. The van der Waals surface area contributed by atoms with Gasteiger partial charge in [0.15, 0.2) is 0 Å². The van der Waals surface area contributed by atoms with E-state index < -0.39 is 0 Å². The van der Waals surface area contributed by atoms with Gasteiger partial charge in [-0.2, -0.15) is 10.4 Å². The second-order valence-electron chi connectivity index (χ2n) is 4.23. The molecule has 94 valence electrons. The van der Waals surface area contributed by atoms with Gasteiger partial charge in [-0.3, -0.25) is 4.68 Å². The molecule has 1 aromatic rings. The van der Waals surface area contributed by atoms with E-state index in [0.717, 1.165) is 30.2 Å². The molecule has 1 heterocycles. The lowest BCUT2D eigenvalue weighted by atomic mass is 10.2. The van der Waals surface area contributed by atoms with Gasteiger partial charge in [0.1, 0.15) is 5.82 Å². The van der Waals surface area contributed by atoms with Crippen molar-refractivity contribution < 1.29 is 0 Å². The van der Waals surface area contributed by atoms with E-state index in [0.29, 0.717) is 6.54 Å². The fourth-order valence-corrected chi connectivity index (χ4v) is 1.96. The number of rotatable bonds is 5. The summed E-state index contributed by atoms with van der Waals surface area (Å²) in [6.45, 7) is 7.51. The molecule has 5 nitrogen and oxygen atoms in total. The van der Waals surface area contributed by atoms with Crippen LogP contribution in [-0.4, -0.2) is 22.9 Å². The van der Waals surface area contributed by atoms with Gasteiger partial charge in [-0.1, -0.05) is 6.92 Å². The van der Waals surface area contributed by atoms with Crippen LogP contribution in [0, 0.1) is 17.2 Å². The second-order valence-corrected chi connectivity index (χ2v) is 4.23. The van der Waals surface area contributed by atoms with Gasteiger partial charge in [0.2, 0.25) is 0 Å².